The quantitative estimate of drug-likeness (QED) is 0.812. The zero-order valence-corrected chi connectivity index (χ0v) is 14.6. The largest absolute Gasteiger partial charge is 0.354 e. The van der Waals surface area contributed by atoms with Crippen LogP contribution in [0.3, 0.4) is 0 Å². The number of amides is 1. The molecule has 0 radical (unpaired) electrons. The van der Waals surface area contributed by atoms with Gasteiger partial charge >= 0.3 is 0 Å². The topological polar surface area (TPSA) is 49.4 Å². The van der Waals surface area contributed by atoms with Gasteiger partial charge in [0.05, 0.1) is 0 Å². The Morgan fingerprint density at radius 3 is 2.39 bits per heavy atom. The zero-order chi connectivity index (χ0) is 16.8. The molecule has 5 heteroatoms. The molecule has 0 bridgehead atoms. The van der Waals surface area contributed by atoms with Crippen molar-refractivity contribution in [3.8, 4) is 0 Å². The number of piperidine rings is 1. The van der Waals surface area contributed by atoms with Gasteiger partial charge in [-0.05, 0) is 64.0 Å². The smallest absolute Gasteiger partial charge is 0.221 e. The number of carbonyl (C=O) groups is 2. The van der Waals surface area contributed by atoms with Gasteiger partial charge in [0.25, 0.3) is 0 Å². The van der Waals surface area contributed by atoms with E-state index in [0.29, 0.717) is 11.4 Å². The van der Waals surface area contributed by atoms with Crippen LogP contribution in [0.5, 0.6) is 0 Å². The van der Waals surface area contributed by atoms with Crippen LogP contribution < -0.4 is 5.32 Å². The number of rotatable bonds is 6. The van der Waals surface area contributed by atoms with Crippen LogP contribution in [0.4, 0.5) is 0 Å². The van der Waals surface area contributed by atoms with Gasteiger partial charge in [0.1, 0.15) is 0 Å². The van der Waals surface area contributed by atoms with E-state index in [1.54, 1.807) is 24.3 Å². The third kappa shape index (κ3) is 5.63. The molecule has 1 saturated heterocycles. The molecule has 1 amide bonds. The third-order valence-electron chi connectivity index (χ3n) is 4.19. The van der Waals surface area contributed by atoms with Gasteiger partial charge in [0, 0.05) is 35.5 Å². The summed E-state index contributed by atoms with van der Waals surface area (Å²) in [6, 6.07) is 7.31. The Hall–Kier alpha value is -1.39. The molecule has 0 saturated carbocycles. The van der Waals surface area contributed by atoms with Gasteiger partial charge in [-0.3, -0.25) is 9.59 Å². The summed E-state index contributed by atoms with van der Waals surface area (Å²) < 4.78 is 0. The second-order valence-electron chi connectivity index (χ2n) is 6.46. The Balaban J connectivity index is 1.76. The van der Waals surface area contributed by atoms with Gasteiger partial charge in [-0.15, -0.1) is 0 Å². The molecule has 1 aromatic carbocycles. The SMILES string of the molecule is CC(C)NC(=O)CCN1CCC(C(=O)c2ccc(Cl)cc2)CC1. The summed E-state index contributed by atoms with van der Waals surface area (Å²) in [6.07, 6.45) is 2.23. The van der Waals surface area contributed by atoms with E-state index in [1.807, 2.05) is 13.8 Å². The Morgan fingerprint density at radius 1 is 1.22 bits per heavy atom. The van der Waals surface area contributed by atoms with Crippen molar-refractivity contribution in [2.75, 3.05) is 19.6 Å². The van der Waals surface area contributed by atoms with Crippen molar-refractivity contribution in [3.05, 3.63) is 34.9 Å². The molecule has 4 nitrogen and oxygen atoms in total. The maximum atomic E-state index is 12.5. The Labute approximate surface area is 143 Å². The lowest BCUT2D eigenvalue weighted by Crippen LogP contribution is -2.39. The minimum absolute atomic E-state index is 0.0805. The van der Waals surface area contributed by atoms with Crippen molar-refractivity contribution >= 4 is 23.3 Å². The highest BCUT2D eigenvalue weighted by molar-refractivity contribution is 6.30. The van der Waals surface area contributed by atoms with Crippen molar-refractivity contribution in [2.24, 2.45) is 5.92 Å². The second-order valence-corrected chi connectivity index (χ2v) is 6.90. The molecule has 1 fully saturated rings. The summed E-state index contributed by atoms with van der Waals surface area (Å²) in [7, 11) is 0. The van der Waals surface area contributed by atoms with E-state index in [9.17, 15) is 9.59 Å². The monoisotopic (exact) mass is 336 g/mol. The number of Topliss-reactive ketones (excluding diaryl/α,β-unsaturated/α-hetero) is 1. The van der Waals surface area contributed by atoms with Crippen molar-refractivity contribution in [2.45, 2.75) is 39.2 Å². The second kappa shape index (κ2) is 8.46. The van der Waals surface area contributed by atoms with Crippen LogP contribution in [0.1, 0.15) is 43.5 Å². The summed E-state index contributed by atoms with van der Waals surface area (Å²) in [6.45, 7) is 6.44. The van der Waals surface area contributed by atoms with Gasteiger partial charge in [-0.25, -0.2) is 0 Å². The zero-order valence-electron chi connectivity index (χ0n) is 13.8. The molecule has 0 aromatic heterocycles. The minimum Gasteiger partial charge on any atom is -0.354 e. The van der Waals surface area contributed by atoms with E-state index in [-0.39, 0.29) is 23.7 Å². The van der Waals surface area contributed by atoms with Crippen LogP contribution in [0.2, 0.25) is 5.02 Å². The van der Waals surface area contributed by atoms with Crippen molar-refractivity contribution < 1.29 is 9.59 Å². The highest BCUT2D eigenvalue weighted by Crippen LogP contribution is 2.22. The molecule has 1 heterocycles. The number of benzene rings is 1. The number of hydrogen-bond acceptors (Lipinski definition) is 3. The molecule has 0 spiro atoms. The van der Waals surface area contributed by atoms with Crippen LogP contribution in [-0.2, 0) is 4.79 Å². The predicted octanol–water partition coefficient (Wildman–Crippen LogP) is 3.15. The molecule has 1 aliphatic rings. The fourth-order valence-electron chi connectivity index (χ4n) is 2.92. The molecule has 0 unspecified atom stereocenters. The normalized spacial score (nSPS) is 16.5. The van der Waals surface area contributed by atoms with Crippen molar-refractivity contribution in [3.63, 3.8) is 0 Å². The molecule has 1 aliphatic heterocycles. The van der Waals surface area contributed by atoms with Gasteiger partial charge in [-0.2, -0.15) is 0 Å². The summed E-state index contributed by atoms with van der Waals surface area (Å²) >= 11 is 5.86. The van der Waals surface area contributed by atoms with Crippen LogP contribution in [-0.4, -0.2) is 42.3 Å². The number of hydrogen-bond donors (Lipinski definition) is 1. The first-order valence-electron chi connectivity index (χ1n) is 8.27. The van der Waals surface area contributed by atoms with E-state index >= 15 is 0 Å². The summed E-state index contributed by atoms with van der Waals surface area (Å²) in [5, 5.41) is 3.55. The van der Waals surface area contributed by atoms with Crippen LogP contribution in [0, 0.1) is 5.92 Å². The van der Waals surface area contributed by atoms with E-state index in [2.05, 4.69) is 10.2 Å². The maximum absolute atomic E-state index is 12.5. The molecule has 1 aromatic rings. The number of nitrogens with one attached hydrogen (secondary N) is 1. The third-order valence-corrected chi connectivity index (χ3v) is 4.44. The van der Waals surface area contributed by atoms with Gasteiger partial charge in [0.15, 0.2) is 5.78 Å². The van der Waals surface area contributed by atoms with E-state index < -0.39 is 0 Å². The predicted molar refractivity (Wildman–Crippen MR) is 92.8 cm³/mol. The Kier molecular flexibility index (Phi) is 6.60. The Bertz CT molecular complexity index is 534. The number of nitrogens with zero attached hydrogens (tertiary/aromatic N) is 1. The molecule has 23 heavy (non-hydrogen) atoms. The van der Waals surface area contributed by atoms with E-state index in [0.717, 1.165) is 38.0 Å². The number of carbonyl (C=O) groups excluding carboxylic acids is 2. The fraction of sp³-hybridized carbons (Fsp3) is 0.556. The number of likely N-dealkylation sites (tertiary alicyclic amines) is 1. The van der Waals surface area contributed by atoms with Crippen molar-refractivity contribution in [1.29, 1.82) is 0 Å². The van der Waals surface area contributed by atoms with Gasteiger partial charge < -0.3 is 10.2 Å². The molecule has 2 rings (SSSR count). The number of halogens is 1. The fourth-order valence-corrected chi connectivity index (χ4v) is 3.05. The van der Waals surface area contributed by atoms with E-state index in [4.69, 9.17) is 11.6 Å². The lowest BCUT2D eigenvalue weighted by atomic mass is 9.89. The van der Waals surface area contributed by atoms with Crippen LogP contribution >= 0.6 is 11.6 Å². The summed E-state index contributed by atoms with van der Waals surface area (Å²) in [5.74, 6) is 0.384. The summed E-state index contributed by atoms with van der Waals surface area (Å²) in [4.78, 5) is 26.4. The average Bonchev–Trinajstić information content (AvgIpc) is 2.53. The maximum Gasteiger partial charge on any atom is 0.221 e. The lowest BCUT2D eigenvalue weighted by Gasteiger charge is -2.31. The lowest BCUT2D eigenvalue weighted by molar-refractivity contribution is -0.122. The molecular formula is C18H25ClN2O2. The molecule has 1 N–H and O–H groups in total. The average molecular weight is 337 g/mol. The van der Waals surface area contributed by atoms with E-state index in [1.165, 1.54) is 0 Å². The number of ketones is 1. The van der Waals surface area contributed by atoms with Gasteiger partial charge in [-0.1, -0.05) is 11.6 Å². The minimum atomic E-state index is 0.0805. The molecule has 126 valence electrons. The van der Waals surface area contributed by atoms with Crippen LogP contribution in [0.25, 0.3) is 0 Å². The Morgan fingerprint density at radius 2 is 1.83 bits per heavy atom. The highest BCUT2D eigenvalue weighted by atomic mass is 35.5. The van der Waals surface area contributed by atoms with Crippen LogP contribution in [0.15, 0.2) is 24.3 Å². The highest BCUT2D eigenvalue weighted by Gasteiger charge is 2.25. The molecular weight excluding hydrogens is 312 g/mol. The first-order valence-corrected chi connectivity index (χ1v) is 8.65. The summed E-state index contributed by atoms with van der Waals surface area (Å²) in [5.41, 5.74) is 0.740. The molecule has 0 aliphatic carbocycles. The molecule has 0 atom stereocenters. The van der Waals surface area contributed by atoms with Crippen molar-refractivity contribution in [1.82, 2.24) is 10.2 Å². The first-order chi connectivity index (χ1) is 11.0. The van der Waals surface area contributed by atoms with Gasteiger partial charge in [0.2, 0.25) is 5.91 Å². The first kappa shape index (κ1) is 18.0. The standard InChI is InChI=1S/C18H25ClN2O2/c1-13(2)20-17(22)9-12-21-10-7-15(8-11-21)18(23)14-3-5-16(19)6-4-14/h3-6,13,15H,7-12H2,1-2H3,(H,20,22).